The molecule has 7 nitrogen and oxygen atoms in total. The Morgan fingerprint density at radius 1 is 0.938 bits per heavy atom. The highest BCUT2D eigenvalue weighted by molar-refractivity contribution is 7.92. The van der Waals surface area contributed by atoms with Crippen LogP contribution in [0, 0.1) is 5.82 Å². The Bertz CT molecular complexity index is 1150. The van der Waals surface area contributed by atoms with Gasteiger partial charge in [0.15, 0.2) is 6.61 Å². The molecule has 0 radical (unpaired) electrons. The molecule has 0 fully saturated rings. The Labute approximate surface area is 186 Å². The van der Waals surface area contributed by atoms with Gasteiger partial charge < -0.3 is 14.8 Å². The van der Waals surface area contributed by atoms with Gasteiger partial charge >= 0.3 is 0 Å². The summed E-state index contributed by atoms with van der Waals surface area (Å²) in [5, 5.41) is 2.83. The minimum absolute atomic E-state index is 0.00625. The quantitative estimate of drug-likeness (QED) is 0.507. The van der Waals surface area contributed by atoms with Gasteiger partial charge in [0.1, 0.15) is 17.3 Å². The molecule has 0 heterocycles. The van der Waals surface area contributed by atoms with Crippen molar-refractivity contribution in [1.82, 2.24) is 5.32 Å². The smallest absolute Gasteiger partial charge is 0.261 e. The number of carbonyl (C=O) groups excluding carboxylic acids is 1. The first-order chi connectivity index (χ1) is 15.3. The second-order valence-corrected chi connectivity index (χ2v) is 8.62. The fourth-order valence-corrected chi connectivity index (χ4v) is 3.91. The van der Waals surface area contributed by atoms with Crippen LogP contribution in [0.15, 0.2) is 77.7 Å². The highest BCUT2D eigenvalue weighted by Crippen LogP contribution is 2.20. The van der Waals surface area contributed by atoms with Gasteiger partial charge in [-0.15, -0.1) is 0 Å². The van der Waals surface area contributed by atoms with Crippen molar-refractivity contribution in [1.29, 1.82) is 0 Å². The molecule has 0 aliphatic rings. The highest BCUT2D eigenvalue weighted by Gasteiger charge is 2.15. The van der Waals surface area contributed by atoms with Crippen molar-refractivity contribution in [2.24, 2.45) is 0 Å². The van der Waals surface area contributed by atoms with Crippen molar-refractivity contribution < 1.29 is 27.1 Å². The highest BCUT2D eigenvalue weighted by atomic mass is 32.2. The van der Waals surface area contributed by atoms with Crippen LogP contribution in [0.2, 0.25) is 0 Å². The normalized spacial score (nSPS) is 12.0. The molecule has 0 unspecified atom stereocenters. The first kappa shape index (κ1) is 23.1. The average molecular weight is 459 g/mol. The Morgan fingerprint density at radius 3 is 2.12 bits per heavy atom. The number of hydrogen-bond acceptors (Lipinski definition) is 5. The zero-order chi connectivity index (χ0) is 23.1. The summed E-state index contributed by atoms with van der Waals surface area (Å²) in [7, 11) is -2.26. The number of benzene rings is 3. The monoisotopic (exact) mass is 458 g/mol. The van der Waals surface area contributed by atoms with Crippen molar-refractivity contribution in [3.63, 3.8) is 0 Å². The minimum Gasteiger partial charge on any atom is -0.497 e. The second kappa shape index (κ2) is 10.1. The molecular weight excluding hydrogens is 435 g/mol. The van der Waals surface area contributed by atoms with Crippen molar-refractivity contribution in [2.75, 3.05) is 18.4 Å². The molecule has 3 rings (SSSR count). The third kappa shape index (κ3) is 6.21. The maximum atomic E-state index is 13.0. The number of amides is 1. The Kier molecular flexibility index (Phi) is 7.32. The van der Waals surface area contributed by atoms with Crippen LogP contribution in [0.1, 0.15) is 18.5 Å². The predicted molar refractivity (Wildman–Crippen MR) is 119 cm³/mol. The first-order valence-electron chi connectivity index (χ1n) is 9.71. The molecule has 2 N–H and O–H groups in total. The molecule has 0 spiro atoms. The van der Waals surface area contributed by atoms with E-state index in [1.54, 1.807) is 7.11 Å². The van der Waals surface area contributed by atoms with Crippen molar-refractivity contribution in [3.05, 3.63) is 84.2 Å². The van der Waals surface area contributed by atoms with E-state index in [1.165, 1.54) is 36.4 Å². The Hall–Kier alpha value is -3.59. The number of rotatable bonds is 9. The number of halogens is 1. The predicted octanol–water partition coefficient (Wildman–Crippen LogP) is 3.89. The van der Waals surface area contributed by atoms with E-state index in [0.29, 0.717) is 5.75 Å². The topological polar surface area (TPSA) is 93.7 Å². The SMILES string of the molecule is COc1ccc([C@H](C)NC(=O)COc2ccc(S(=O)(=O)Nc3ccc(F)cc3)cc2)cc1. The van der Waals surface area contributed by atoms with Crippen LogP contribution in [0.3, 0.4) is 0 Å². The van der Waals surface area contributed by atoms with Gasteiger partial charge in [-0.2, -0.15) is 0 Å². The molecule has 3 aromatic carbocycles. The largest absolute Gasteiger partial charge is 0.497 e. The van der Waals surface area contributed by atoms with Crippen LogP contribution in [0.25, 0.3) is 0 Å². The summed E-state index contributed by atoms with van der Waals surface area (Å²) in [4.78, 5) is 12.2. The summed E-state index contributed by atoms with van der Waals surface area (Å²) < 4.78 is 50.8. The molecular formula is C23H23FN2O5S. The summed E-state index contributed by atoms with van der Waals surface area (Å²) in [6.45, 7) is 1.63. The molecule has 0 saturated heterocycles. The zero-order valence-electron chi connectivity index (χ0n) is 17.5. The molecule has 168 valence electrons. The molecule has 32 heavy (non-hydrogen) atoms. The summed E-state index contributed by atoms with van der Waals surface area (Å²) in [5.41, 5.74) is 1.16. The van der Waals surface area contributed by atoms with Crippen molar-refractivity contribution in [2.45, 2.75) is 17.9 Å². The maximum Gasteiger partial charge on any atom is 0.261 e. The van der Waals surface area contributed by atoms with E-state index in [9.17, 15) is 17.6 Å². The lowest BCUT2D eigenvalue weighted by atomic mass is 10.1. The molecule has 0 aliphatic carbocycles. The van der Waals surface area contributed by atoms with Crippen LogP contribution in [-0.4, -0.2) is 28.0 Å². The van der Waals surface area contributed by atoms with Gasteiger partial charge in [-0.1, -0.05) is 12.1 Å². The van der Waals surface area contributed by atoms with E-state index in [0.717, 1.165) is 23.4 Å². The number of sulfonamides is 1. The van der Waals surface area contributed by atoms with E-state index in [-0.39, 0.29) is 29.1 Å². The molecule has 0 saturated carbocycles. The maximum absolute atomic E-state index is 13.0. The van der Waals surface area contributed by atoms with Gasteiger partial charge in [0.25, 0.3) is 15.9 Å². The minimum atomic E-state index is -3.84. The molecule has 9 heteroatoms. The number of anilines is 1. The fourth-order valence-electron chi connectivity index (χ4n) is 2.85. The number of hydrogen-bond donors (Lipinski definition) is 2. The third-order valence-electron chi connectivity index (χ3n) is 4.59. The van der Waals surface area contributed by atoms with E-state index in [2.05, 4.69) is 10.0 Å². The lowest BCUT2D eigenvalue weighted by Crippen LogP contribution is -2.31. The van der Waals surface area contributed by atoms with Gasteiger partial charge in [-0.25, -0.2) is 12.8 Å². The third-order valence-corrected chi connectivity index (χ3v) is 5.99. The van der Waals surface area contributed by atoms with Crippen molar-refractivity contribution >= 4 is 21.6 Å². The fraction of sp³-hybridized carbons (Fsp3) is 0.174. The van der Waals surface area contributed by atoms with E-state index in [4.69, 9.17) is 9.47 Å². The molecule has 0 aliphatic heterocycles. The molecule has 1 amide bonds. The number of carbonyl (C=O) groups is 1. The molecule has 0 aromatic heterocycles. The standard InChI is InChI=1S/C23H23FN2O5S/c1-16(17-3-9-20(30-2)10-4-17)25-23(27)15-31-21-11-13-22(14-12-21)32(28,29)26-19-7-5-18(24)6-8-19/h3-14,16,26H,15H2,1-2H3,(H,25,27)/t16-/m0/s1. The van der Waals surface area contributed by atoms with Gasteiger partial charge in [-0.05, 0) is 73.2 Å². The second-order valence-electron chi connectivity index (χ2n) is 6.93. The van der Waals surface area contributed by atoms with E-state index >= 15 is 0 Å². The number of ether oxygens (including phenoxy) is 2. The summed E-state index contributed by atoms with van der Waals surface area (Å²) in [5.74, 6) is 0.298. The van der Waals surface area contributed by atoms with Crippen LogP contribution < -0.4 is 19.5 Å². The van der Waals surface area contributed by atoms with Crippen LogP contribution >= 0.6 is 0 Å². The lowest BCUT2D eigenvalue weighted by molar-refractivity contribution is -0.123. The zero-order valence-corrected chi connectivity index (χ0v) is 18.4. The van der Waals surface area contributed by atoms with Gasteiger partial charge in [-0.3, -0.25) is 9.52 Å². The van der Waals surface area contributed by atoms with Crippen LogP contribution in [-0.2, 0) is 14.8 Å². The molecule has 0 bridgehead atoms. The summed E-state index contributed by atoms with van der Waals surface area (Å²) in [6.07, 6.45) is 0. The Morgan fingerprint density at radius 2 is 1.53 bits per heavy atom. The number of nitrogens with one attached hydrogen (secondary N) is 2. The molecule has 3 aromatic rings. The van der Waals surface area contributed by atoms with E-state index in [1.807, 2.05) is 31.2 Å². The van der Waals surface area contributed by atoms with Gasteiger partial charge in [0.05, 0.1) is 18.0 Å². The van der Waals surface area contributed by atoms with Gasteiger partial charge in [0, 0.05) is 5.69 Å². The number of methoxy groups -OCH3 is 1. The first-order valence-corrected chi connectivity index (χ1v) is 11.2. The Balaban J connectivity index is 1.53. The van der Waals surface area contributed by atoms with Crippen LogP contribution in [0.4, 0.5) is 10.1 Å². The van der Waals surface area contributed by atoms with Gasteiger partial charge in [0.2, 0.25) is 0 Å². The summed E-state index contributed by atoms with van der Waals surface area (Å²) >= 11 is 0. The summed E-state index contributed by atoms with van der Waals surface area (Å²) in [6, 6.07) is 17.8. The van der Waals surface area contributed by atoms with Crippen molar-refractivity contribution in [3.8, 4) is 11.5 Å². The average Bonchev–Trinajstić information content (AvgIpc) is 2.79. The van der Waals surface area contributed by atoms with Crippen LogP contribution in [0.5, 0.6) is 11.5 Å². The lowest BCUT2D eigenvalue weighted by Gasteiger charge is -2.15. The molecule has 1 atom stereocenters. The van der Waals surface area contributed by atoms with E-state index < -0.39 is 15.8 Å².